The standard InChI is InChI=1S/C14H7F2I3O5/c15-14(16,13(21)22)11(9-2-1-3-23-9)24-12(20)7-4-6(17)5-8(18)10(7)19/h1-5,11H,(H,21,22)/p-1. The summed E-state index contributed by atoms with van der Waals surface area (Å²) in [6.45, 7) is 0. The van der Waals surface area contributed by atoms with E-state index in [1.54, 1.807) is 6.07 Å². The monoisotopic (exact) mass is 673 g/mol. The summed E-state index contributed by atoms with van der Waals surface area (Å²) in [7, 11) is 0. The Morgan fingerprint density at radius 3 is 2.46 bits per heavy atom. The average Bonchev–Trinajstić information content (AvgIpc) is 3.01. The molecule has 1 aromatic carbocycles. The number of halogens is 5. The third-order valence-electron chi connectivity index (χ3n) is 2.84. The van der Waals surface area contributed by atoms with Crippen molar-refractivity contribution < 1.29 is 32.6 Å². The average molecular weight is 673 g/mol. The van der Waals surface area contributed by atoms with E-state index >= 15 is 0 Å². The molecule has 0 amide bonds. The number of carbonyl (C=O) groups is 2. The van der Waals surface area contributed by atoms with Gasteiger partial charge in [-0.05, 0) is 92.0 Å². The van der Waals surface area contributed by atoms with Crippen LogP contribution in [-0.4, -0.2) is 17.9 Å². The SMILES string of the molecule is O=C(OC(c1ccco1)C(F)(F)C(=O)[O-])c1cc(I)cc(I)c1I. The molecule has 1 unspecified atom stereocenters. The second-order valence-corrected chi connectivity index (χ2v) is 7.95. The molecular formula is C14H6F2I3O5-. The number of carboxylic acid groups (broad SMARTS) is 1. The van der Waals surface area contributed by atoms with Gasteiger partial charge >= 0.3 is 11.9 Å². The van der Waals surface area contributed by atoms with Gasteiger partial charge in [0, 0.05) is 10.7 Å². The Morgan fingerprint density at radius 2 is 1.92 bits per heavy atom. The highest BCUT2D eigenvalue weighted by Gasteiger charge is 2.47. The number of hydrogen-bond donors (Lipinski definition) is 0. The minimum Gasteiger partial charge on any atom is -0.544 e. The van der Waals surface area contributed by atoms with E-state index in [1.807, 2.05) is 67.8 Å². The molecule has 0 saturated carbocycles. The molecular weight excluding hydrogens is 667 g/mol. The number of carboxylic acids is 1. The highest BCUT2D eigenvalue weighted by Crippen LogP contribution is 2.36. The molecule has 24 heavy (non-hydrogen) atoms. The lowest BCUT2D eigenvalue weighted by atomic mass is 10.1. The van der Waals surface area contributed by atoms with Crippen LogP contribution < -0.4 is 5.11 Å². The van der Waals surface area contributed by atoms with Crippen LogP contribution in [0.15, 0.2) is 34.9 Å². The summed E-state index contributed by atoms with van der Waals surface area (Å²) >= 11 is 5.83. The maximum Gasteiger partial charge on any atom is 0.340 e. The zero-order valence-corrected chi connectivity index (χ0v) is 17.9. The van der Waals surface area contributed by atoms with E-state index in [0.29, 0.717) is 7.14 Å². The molecule has 1 atom stereocenters. The number of esters is 1. The smallest absolute Gasteiger partial charge is 0.340 e. The van der Waals surface area contributed by atoms with Gasteiger partial charge in [-0.3, -0.25) is 0 Å². The third-order valence-corrected chi connectivity index (χ3v) is 6.51. The minimum atomic E-state index is -4.45. The van der Waals surface area contributed by atoms with Crippen molar-refractivity contribution in [2.45, 2.75) is 12.0 Å². The van der Waals surface area contributed by atoms with Gasteiger partial charge in [0.25, 0.3) is 0 Å². The molecule has 1 heterocycles. The quantitative estimate of drug-likeness (QED) is 0.277. The molecule has 2 rings (SSSR count). The first-order chi connectivity index (χ1) is 11.1. The molecule has 0 fully saturated rings. The molecule has 2 aromatic rings. The van der Waals surface area contributed by atoms with Crippen LogP contribution in [0.2, 0.25) is 0 Å². The van der Waals surface area contributed by atoms with Crippen molar-refractivity contribution in [2.75, 3.05) is 0 Å². The van der Waals surface area contributed by atoms with E-state index in [2.05, 4.69) is 0 Å². The maximum absolute atomic E-state index is 13.9. The summed E-state index contributed by atoms with van der Waals surface area (Å²) in [6.07, 6.45) is -1.36. The van der Waals surface area contributed by atoms with Crippen molar-refractivity contribution in [3.05, 3.63) is 52.6 Å². The Morgan fingerprint density at radius 1 is 1.25 bits per heavy atom. The first-order valence-corrected chi connectivity index (χ1v) is 9.36. The predicted octanol–water partition coefficient (Wildman–Crippen LogP) is 3.38. The first-order valence-electron chi connectivity index (χ1n) is 6.12. The summed E-state index contributed by atoms with van der Waals surface area (Å²) in [4.78, 5) is 23.1. The molecule has 0 aliphatic carbocycles. The van der Waals surface area contributed by atoms with Gasteiger partial charge in [-0.2, -0.15) is 8.78 Å². The van der Waals surface area contributed by atoms with Crippen LogP contribution in [0.5, 0.6) is 0 Å². The van der Waals surface area contributed by atoms with E-state index in [4.69, 9.17) is 9.15 Å². The molecule has 1 aromatic heterocycles. The Kier molecular flexibility index (Phi) is 6.44. The van der Waals surface area contributed by atoms with Crippen molar-refractivity contribution in [1.29, 1.82) is 0 Å². The highest BCUT2D eigenvalue weighted by molar-refractivity contribution is 14.1. The van der Waals surface area contributed by atoms with Crippen molar-refractivity contribution in [3.63, 3.8) is 0 Å². The Hall–Kier alpha value is -0.510. The number of rotatable bonds is 5. The number of ether oxygens (including phenoxy) is 1. The number of carbonyl (C=O) groups excluding carboxylic acids is 2. The summed E-state index contributed by atoms with van der Waals surface area (Å²) in [5.41, 5.74) is 0.0533. The molecule has 10 heteroatoms. The molecule has 0 saturated heterocycles. The van der Waals surface area contributed by atoms with E-state index in [0.717, 1.165) is 15.9 Å². The second-order valence-electron chi connectivity index (χ2n) is 4.46. The van der Waals surface area contributed by atoms with E-state index in [1.165, 1.54) is 12.1 Å². The fraction of sp³-hybridized carbons (Fsp3) is 0.143. The molecule has 0 aliphatic heterocycles. The van der Waals surface area contributed by atoms with Gasteiger partial charge in [0.05, 0.1) is 11.8 Å². The van der Waals surface area contributed by atoms with Crippen molar-refractivity contribution >= 4 is 79.7 Å². The molecule has 0 bridgehead atoms. The number of furan rings is 1. The zero-order chi connectivity index (χ0) is 18.1. The summed E-state index contributed by atoms with van der Waals surface area (Å²) in [5.74, 6) is -8.69. The Balaban J connectivity index is 2.41. The predicted molar refractivity (Wildman–Crippen MR) is 101 cm³/mol. The van der Waals surface area contributed by atoms with Gasteiger partial charge in [0.15, 0.2) is 5.76 Å². The largest absolute Gasteiger partial charge is 0.544 e. The molecule has 0 aliphatic rings. The molecule has 128 valence electrons. The third kappa shape index (κ3) is 4.17. The van der Waals surface area contributed by atoms with E-state index in [9.17, 15) is 23.5 Å². The number of hydrogen-bond acceptors (Lipinski definition) is 5. The van der Waals surface area contributed by atoms with Crippen LogP contribution >= 0.6 is 67.8 Å². The van der Waals surface area contributed by atoms with Gasteiger partial charge in [0.1, 0.15) is 5.97 Å². The fourth-order valence-corrected chi connectivity index (χ4v) is 4.11. The molecule has 0 spiro atoms. The van der Waals surface area contributed by atoms with Crippen LogP contribution in [0.3, 0.4) is 0 Å². The highest BCUT2D eigenvalue weighted by atomic mass is 127. The van der Waals surface area contributed by atoms with Gasteiger partial charge in [-0.15, -0.1) is 0 Å². The first kappa shape index (κ1) is 19.8. The Labute approximate surface area is 175 Å². The maximum atomic E-state index is 13.9. The molecule has 5 nitrogen and oxygen atoms in total. The van der Waals surface area contributed by atoms with Crippen molar-refractivity contribution in [1.82, 2.24) is 0 Å². The lowest BCUT2D eigenvalue weighted by molar-refractivity contribution is -0.336. The summed E-state index contributed by atoms with van der Waals surface area (Å²) in [5, 5.41) is 10.8. The van der Waals surface area contributed by atoms with Crippen LogP contribution in [0.4, 0.5) is 8.78 Å². The number of aliphatic carboxylic acids is 1. The van der Waals surface area contributed by atoms with E-state index < -0.39 is 29.7 Å². The molecule has 0 radical (unpaired) electrons. The number of alkyl halides is 2. The van der Waals surface area contributed by atoms with Crippen LogP contribution in [0, 0.1) is 10.7 Å². The summed E-state index contributed by atoms with van der Waals surface area (Å²) < 4.78 is 39.3. The normalized spacial score (nSPS) is 12.7. The van der Waals surface area contributed by atoms with E-state index in [-0.39, 0.29) is 5.56 Å². The van der Waals surface area contributed by atoms with Crippen LogP contribution in [0.25, 0.3) is 0 Å². The van der Waals surface area contributed by atoms with Gasteiger partial charge in [-0.1, -0.05) is 0 Å². The topological polar surface area (TPSA) is 79.6 Å². The van der Waals surface area contributed by atoms with Gasteiger partial charge in [-0.25, -0.2) is 4.79 Å². The Bertz CT molecular complexity index is 777. The molecule has 0 N–H and O–H groups in total. The van der Waals surface area contributed by atoms with Crippen molar-refractivity contribution in [3.8, 4) is 0 Å². The number of benzene rings is 1. The van der Waals surface area contributed by atoms with Crippen LogP contribution in [0.1, 0.15) is 22.2 Å². The lowest BCUT2D eigenvalue weighted by Crippen LogP contribution is -2.47. The minimum absolute atomic E-state index is 0.0533. The van der Waals surface area contributed by atoms with Crippen LogP contribution in [-0.2, 0) is 9.53 Å². The lowest BCUT2D eigenvalue weighted by Gasteiger charge is -2.26. The fourth-order valence-electron chi connectivity index (χ4n) is 1.73. The van der Waals surface area contributed by atoms with Gasteiger partial charge < -0.3 is 19.1 Å². The second kappa shape index (κ2) is 7.80. The zero-order valence-electron chi connectivity index (χ0n) is 11.4. The summed E-state index contributed by atoms with van der Waals surface area (Å²) in [6, 6.07) is 5.63. The van der Waals surface area contributed by atoms with Gasteiger partial charge in [0.2, 0.25) is 6.10 Å². The van der Waals surface area contributed by atoms with Crippen molar-refractivity contribution in [2.24, 2.45) is 0 Å².